The minimum atomic E-state index is -3.71. The molecule has 0 saturated carbocycles. The summed E-state index contributed by atoms with van der Waals surface area (Å²) in [6.45, 7) is 2.01. The van der Waals surface area contributed by atoms with Gasteiger partial charge in [0.15, 0.2) is 5.75 Å². The number of piperazine rings is 1. The van der Waals surface area contributed by atoms with Gasteiger partial charge in [-0.15, -0.1) is 0 Å². The lowest BCUT2D eigenvalue weighted by atomic mass is 10.2. The zero-order chi connectivity index (χ0) is 18.0. The van der Waals surface area contributed by atoms with Gasteiger partial charge < -0.3 is 9.64 Å². The maximum Gasteiger partial charge on any atom is 0.246 e. The van der Waals surface area contributed by atoms with Crippen molar-refractivity contribution in [1.82, 2.24) is 4.31 Å². The van der Waals surface area contributed by atoms with Crippen molar-refractivity contribution in [3.05, 3.63) is 52.5 Å². The van der Waals surface area contributed by atoms with Gasteiger partial charge in [-0.25, -0.2) is 8.42 Å². The van der Waals surface area contributed by atoms with Crippen LogP contribution in [-0.4, -0.2) is 46.0 Å². The second-order valence-corrected chi connectivity index (χ2v) is 8.31. The number of para-hydroxylation sites is 1. The van der Waals surface area contributed by atoms with Gasteiger partial charge in [0.05, 0.1) is 12.1 Å². The van der Waals surface area contributed by atoms with E-state index in [1.165, 1.54) is 23.5 Å². The predicted octanol–water partition coefficient (Wildman–Crippen LogP) is 3.51. The number of methoxy groups -OCH3 is 1. The van der Waals surface area contributed by atoms with Crippen LogP contribution in [0.5, 0.6) is 5.75 Å². The first-order chi connectivity index (χ1) is 11.9. The van der Waals surface area contributed by atoms with Crippen molar-refractivity contribution in [2.45, 2.75) is 4.90 Å². The van der Waals surface area contributed by atoms with E-state index in [0.29, 0.717) is 26.2 Å². The summed E-state index contributed by atoms with van der Waals surface area (Å²) in [7, 11) is -2.33. The Morgan fingerprint density at radius 2 is 1.60 bits per heavy atom. The molecule has 2 aromatic carbocycles. The average molecular weight is 401 g/mol. The molecule has 0 radical (unpaired) electrons. The molecule has 1 heterocycles. The first-order valence-corrected chi connectivity index (χ1v) is 9.97. The van der Waals surface area contributed by atoms with E-state index in [9.17, 15) is 8.42 Å². The Balaban J connectivity index is 1.82. The summed E-state index contributed by atoms with van der Waals surface area (Å²) in [6.07, 6.45) is 0. The first-order valence-electron chi connectivity index (χ1n) is 7.77. The third-order valence-corrected chi connectivity index (χ3v) is 6.91. The zero-order valence-electron chi connectivity index (χ0n) is 13.7. The molecule has 0 unspecified atom stereocenters. The molecule has 8 heteroatoms. The number of rotatable bonds is 4. The molecule has 1 aliphatic heterocycles. The Morgan fingerprint density at radius 3 is 2.20 bits per heavy atom. The van der Waals surface area contributed by atoms with Crippen LogP contribution >= 0.6 is 23.2 Å². The van der Waals surface area contributed by atoms with Gasteiger partial charge in [-0.2, -0.15) is 4.31 Å². The fourth-order valence-electron chi connectivity index (χ4n) is 2.87. The molecule has 1 saturated heterocycles. The van der Waals surface area contributed by atoms with Crippen LogP contribution in [0.2, 0.25) is 10.0 Å². The summed E-state index contributed by atoms with van der Waals surface area (Å²) in [4.78, 5) is 2.20. The van der Waals surface area contributed by atoms with Crippen molar-refractivity contribution in [1.29, 1.82) is 0 Å². The van der Waals surface area contributed by atoms with E-state index in [4.69, 9.17) is 27.9 Å². The monoisotopic (exact) mass is 400 g/mol. The number of ether oxygens (including phenoxy) is 1. The molecule has 3 rings (SSSR count). The number of halogens is 2. The lowest BCUT2D eigenvalue weighted by molar-refractivity contribution is 0.374. The molecule has 0 N–H and O–H groups in total. The van der Waals surface area contributed by atoms with Gasteiger partial charge in [0, 0.05) is 31.9 Å². The normalized spacial score (nSPS) is 16.0. The van der Waals surface area contributed by atoms with Gasteiger partial charge in [0.1, 0.15) is 9.92 Å². The topological polar surface area (TPSA) is 49.9 Å². The Labute approximate surface area is 157 Å². The highest BCUT2D eigenvalue weighted by molar-refractivity contribution is 7.89. The summed E-state index contributed by atoms with van der Waals surface area (Å²) in [6, 6.07) is 12.8. The van der Waals surface area contributed by atoms with Crippen LogP contribution in [0.1, 0.15) is 0 Å². The van der Waals surface area contributed by atoms with Crippen LogP contribution in [0.25, 0.3) is 0 Å². The van der Waals surface area contributed by atoms with Crippen molar-refractivity contribution in [3.63, 3.8) is 0 Å². The van der Waals surface area contributed by atoms with Crippen LogP contribution in [0.3, 0.4) is 0 Å². The Bertz CT molecular complexity index is 852. The van der Waals surface area contributed by atoms with Gasteiger partial charge in [0.25, 0.3) is 0 Å². The van der Waals surface area contributed by atoms with Crippen molar-refractivity contribution in [2.24, 2.45) is 0 Å². The predicted molar refractivity (Wildman–Crippen MR) is 100 cm³/mol. The van der Waals surface area contributed by atoms with Gasteiger partial charge >= 0.3 is 0 Å². The quantitative estimate of drug-likeness (QED) is 0.787. The van der Waals surface area contributed by atoms with Crippen LogP contribution < -0.4 is 9.64 Å². The molecule has 0 bridgehead atoms. The summed E-state index contributed by atoms with van der Waals surface area (Å²) in [5.41, 5.74) is 1.09. The summed E-state index contributed by atoms with van der Waals surface area (Å²) in [5.74, 6) is 0.0830. The highest BCUT2D eigenvalue weighted by Crippen LogP contribution is 2.38. The number of benzene rings is 2. The maximum absolute atomic E-state index is 13.0. The summed E-state index contributed by atoms with van der Waals surface area (Å²) >= 11 is 12.1. The van der Waals surface area contributed by atoms with Gasteiger partial charge in [-0.1, -0.05) is 41.4 Å². The minimum absolute atomic E-state index is 0.0394. The van der Waals surface area contributed by atoms with E-state index in [1.807, 2.05) is 30.3 Å². The lowest BCUT2D eigenvalue weighted by Crippen LogP contribution is -2.48. The van der Waals surface area contributed by atoms with E-state index in [2.05, 4.69) is 4.90 Å². The minimum Gasteiger partial charge on any atom is -0.494 e. The number of anilines is 1. The summed E-state index contributed by atoms with van der Waals surface area (Å²) < 4.78 is 32.6. The SMILES string of the molecule is COc1c(S(=O)(=O)N2CCN(c3ccccc3)CC2)ccc(Cl)c1Cl. The number of hydrogen-bond acceptors (Lipinski definition) is 4. The second-order valence-electron chi connectivity index (χ2n) is 5.62. The maximum atomic E-state index is 13.0. The molecule has 5 nitrogen and oxygen atoms in total. The number of nitrogens with zero attached hydrogens (tertiary/aromatic N) is 2. The van der Waals surface area contributed by atoms with E-state index < -0.39 is 10.0 Å². The van der Waals surface area contributed by atoms with Gasteiger partial charge in [0.2, 0.25) is 10.0 Å². The van der Waals surface area contributed by atoms with Crippen LogP contribution in [-0.2, 0) is 10.0 Å². The van der Waals surface area contributed by atoms with E-state index >= 15 is 0 Å². The summed E-state index contributed by atoms with van der Waals surface area (Å²) in [5, 5.41) is 0.361. The number of hydrogen-bond donors (Lipinski definition) is 0. The van der Waals surface area contributed by atoms with Crippen LogP contribution in [0, 0.1) is 0 Å². The highest BCUT2D eigenvalue weighted by Gasteiger charge is 2.32. The molecule has 0 spiro atoms. The van der Waals surface area contributed by atoms with Crippen molar-refractivity contribution in [3.8, 4) is 5.75 Å². The van der Waals surface area contributed by atoms with Gasteiger partial charge in [-0.05, 0) is 24.3 Å². The largest absolute Gasteiger partial charge is 0.494 e. The van der Waals surface area contributed by atoms with E-state index in [0.717, 1.165) is 5.69 Å². The molecular weight excluding hydrogens is 383 g/mol. The Kier molecular flexibility index (Phi) is 5.43. The van der Waals surface area contributed by atoms with Crippen LogP contribution in [0.4, 0.5) is 5.69 Å². The smallest absolute Gasteiger partial charge is 0.246 e. The highest BCUT2D eigenvalue weighted by atomic mass is 35.5. The van der Waals surface area contributed by atoms with Gasteiger partial charge in [-0.3, -0.25) is 0 Å². The third kappa shape index (κ3) is 3.58. The fraction of sp³-hybridized carbons (Fsp3) is 0.294. The Morgan fingerprint density at radius 1 is 0.960 bits per heavy atom. The fourth-order valence-corrected chi connectivity index (χ4v) is 4.90. The molecule has 0 aliphatic carbocycles. The molecule has 134 valence electrons. The van der Waals surface area contributed by atoms with Crippen LogP contribution in [0.15, 0.2) is 47.4 Å². The molecule has 25 heavy (non-hydrogen) atoms. The van der Waals surface area contributed by atoms with Crippen molar-refractivity contribution < 1.29 is 13.2 Å². The average Bonchev–Trinajstić information content (AvgIpc) is 2.64. The van der Waals surface area contributed by atoms with Crippen molar-refractivity contribution in [2.75, 3.05) is 38.2 Å². The first kappa shape index (κ1) is 18.3. The molecule has 0 aromatic heterocycles. The van der Waals surface area contributed by atoms with E-state index in [1.54, 1.807) is 0 Å². The molecule has 0 atom stereocenters. The van der Waals surface area contributed by atoms with E-state index in [-0.39, 0.29) is 20.7 Å². The standard InChI is InChI=1S/C17H18Cl2N2O3S/c1-24-17-15(8-7-14(18)16(17)19)25(22,23)21-11-9-20(10-12-21)13-5-3-2-4-6-13/h2-8H,9-12H2,1H3. The molecule has 1 aliphatic rings. The molecule has 1 fully saturated rings. The number of sulfonamides is 1. The molecule has 0 amide bonds. The Hall–Kier alpha value is -1.47. The lowest BCUT2D eigenvalue weighted by Gasteiger charge is -2.35. The zero-order valence-corrected chi connectivity index (χ0v) is 16.0. The van der Waals surface area contributed by atoms with Crippen molar-refractivity contribution >= 4 is 38.9 Å². The third-order valence-electron chi connectivity index (χ3n) is 4.20. The second kappa shape index (κ2) is 7.41. The molecular formula is C17H18Cl2N2O3S. The molecule has 2 aromatic rings.